The molecule has 3 rings (SSSR count). The Morgan fingerprint density at radius 1 is 1.18 bits per heavy atom. The van der Waals surface area contributed by atoms with Crippen LogP contribution in [0.1, 0.15) is 34.1 Å². The molecule has 3 saturated heterocycles. The first-order valence-electron chi connectivity index (χ1n) is 8.77. The lowest BCUT2D eigenvalue weighted by Crippen LogP contribution is -2.78. The highest BCUT2D eigenvalue weighted by molar-refractivity contribution is 5.78. The van der Waals surface area contributed by atoms with Gasteiger partial charge in [-0.05, 0) is 12.3 Å². The zero-order valence-electron chi connectivity index (χ0n) is 14.5. The molecule has 1 N–H and O–H groups in total. The first-order chi connectivity index (χ1) is 10.3. The Bertz CT molecular complexity index is 432. The molecule has 5 heteroatoms. The number of piperazine rings is 1. The van der Waals surface area contributed by atoms with E-state index in [2.05, 4.69) is 28.5 Å². The third kappa shape index (κ3) is 2.79. The van der Waals surface area contributed by atoms with Gasteiger partial charge in [0, 0.05) is 51.2 Å². The quantitative estimate of drug-likeness (QED) is 0.831. The van der Waals surface area contributed by atoms with Gasteiger partial charge in [-0.1, -0.05) is 27.7 Å². The number of aliphatic hydroxyl groups excluding tert-OH is 1. The molecule has 0 aromatic carbocycles. The highest BCUT2D eigenvalue weighted by Crippen LogP contribution is 2.39. The summed E-state index contributed by atoms with van der Waals surface area (Å²) in [6, 6.07) is 0.340. The van der Waals surface area contributed by atoms with E-state index in [1.54, 1.807) is 0 Å². The van der Waals surface area contributed by atoms with Crippen LogP contribution in [0.2, 0.25) is 0 Å². The van der Waals surface area contributed by atoms with Crippen molar-refractivity contribution >= 4 is 5.91 Å². The highest BCUT2D eigenvalue weighted by Gasteiger charge is 2.56. The summed E-state index contributed by atoms with van der Waals surface area (Å²) in [5.41, 5.74) is 0.0832. The third-order valence-corrected chi connectivity index (χ3v) is 5.38. The number of carbonyl (C=O) groups excluding carboxylic acids is 1. The summed E-state index contributed by atoms with van der Waals surface area (Å²) in [7, 11) is 0. The SMILES string of the molecule is CC(C)CN1CC2(C1)CN(C(=O)C(C)C)CC1CC(O)CN12. The van der Waals surface area contributed by atoms with Gasteiger partial charge in [-0.25, -0.2) is 0 Å². The summed E-state index contributed by atoms with van der Waals surface area (Å²) in [6.07, 6.45) is 0.587. The van der Waals surface area contributed by atoms with Gasteiger partial charge in [0.15, 0.2) is 0 Å². The predicted molar refractivity (Wildman–Crippen MR) is 86.5 cm³/mol. The molecule has 0 aliphatic carbocycles. The lowest BCUT2D eigenvalue weighted by Gasteiger charge is -2.61. The van der Waals surface area contributed by atoms with Crippen molar-refractivity contribution in [3.05, 3.63) is 0 Å². The van der Waals surface area contributed by atoms with Crippen molar-refractivity contribution in [3.63, 3.8) is 0 Å². The molecule has 3 aliphatic heterocycles. The lowest BCUT2D eigenvalue weighted by molar-refractivity contribution is -0.153. The zero-order chi connectivity index (χ0) is 16.1. The van der Waals surface area contributed by atoms with Gasteiger partial charge in [-0.15, -0.1) is 0 Å². The van der Waals surface area contributed by atoms with E-state index >= 15 is 0 Å². The van der Waals surface area contributed by atoms with Crippen LogP contribution in [0.15, 0.2) is 0 Å². The van der Waals surface area contributed by atoms with Crippen molar-refractivity contribution in [1.82, 2.24) is 14.7 Å². The number of hydrogen-bond donors (Lipinski definition) is 1. The topological polar surface area (TPSA) is 47.0 Å². The molecule has 3 fully saturated rings. The van der Waals surface area contributed by atoms with Gasteiger partial charge in [-0.3, -0.25) is 14.6 Å². The average molecular weight is 309 g/mol. The van der Waals surface area contributed by atoms with Crippen LogP contribution in [-0.4, -0.2) is 82.7 Å². The number of fused-ring (bicyclic) bond motifs is 2. The molecule has 22 heavy (non-hydrogen) atoms. The van der Waals surface area contributed by atoms with Crippen LogP contribution in [0.25, 0.3) is 0 Å². The summed E-state index contributed by atoms with van der Waals surface area (Å²) >= 11 is 0. The normalized spacial score (nSPS) is 31.9. The van der Waals surface area contributed by atoms with Gasteiger partial charge < -0.3 is 10.0 Å². The third-order valence-electron chi connectivity index (χ3n) is 5.38. The van der Waals surface area contributed by atoms with E-state index in [1.807, 2.05) is 13.8 Å². The smallest absolute Gasteiger partial charge is 0.225 e. The maximum Gasteiger partial charge on any atom is 0.225 e. The van der Waals surface area contributed by atoms with E-state index in [4.69, 9.17) is 0 Å². The fraction of sp³-hybridized carbons (Fsp3) is 0.941. The molecule has 0 aromatic heterocycles. The van der Waals surface area contributed by atoms with Crippen molar-refractivity contribution in [3.8, 4) is 0 Å². The summed E-state index contributed by atoms with van der Waals surface area (Å²) in [4.78, 5) is 19.6. The number of carbonyl (C=O) groups is 1. The molecule has 1 amide bonds. The van der Waals surface area contributed by atoms with Crippen molar-refractivity contribution in [2.24, 2.45) is 11.8 Å². The van der Waals surface area contributed by atoms with Gasteiger partial charge in [0.2, 0.25) is 5.91 Å². The van der Waals surface area contributed by atoms with Crippen LogP contribution < -0.4 is 0 Å². The summed E-state index contributed by atoms with van der Waals surface area (Å²) in [6.45, 7) is 14.1. The Balaban J connectivity index is 1.74. The van der Waals surface area contributed by atoms with Crippen LogP contribution in [0, 0.1) is 11.8 Å². The van der Waals surface area contributed by atoms with E-state index in [0.29, 0.717) is 12.0 Å². The molecule has 0 radical (unpaired) electrons. The lowest BCUT2D eigenvalue weighted by atomic mass is 9.83. The number of amides is 1. The van der Waals surface area contributed by atoms with Crippen LogP contribution in [0.3, 0.4) is 0 Å². The van der Waals surface area contributed by atoms with Crippen LogP contribution in [-0.2, 0) is 4.79 Å². The molecule has 0 aromatic rings. The Morgan fingerprint density at radius 2 is 1.86 bits per heavy atom. The first kappa shape index (κ1) is 16.2. The van der Waals surface area contributed by atoms with Crippen molar-refractivity contribution in [2.45, 2.75) is 51.8 Å². The second-order valence-corrected chi connectivity index (χ2v) is 8.36. The molecule has 2 atom stereocenters. The van der Waals surface area contributed by atoms with Crippen molar-refractivity contribution in [1.29, 1.82) is 0 Å². The molecule has 3 heterocycles. The van der Waals surface area contributed by atoms with E-state index in [-0.39, 0.29) is 23.5 Å². The minimum atomic E-state index is -0.227. The Morgan fingerprint density at radius 3 is 2.45 bits per heavy atom. The minimum absolute atomic E-state index is 0.0572. The van der Waals surface area contributed by atoms with Gasteiger partial charge >= 0.3 is 0 Å². The molecule has 5 nitrogen and oxygen atoms in total. The predicted octanol–water partition coefficient (Wildman–Crippen LogP) is 0.630. The Labute approximate surface area is 134 Å². The molecular formula is C17H31N3O2. The minimum Gasteiger partial charge on any atom is -0.392 e. The maximum atomic E-state index is 12.5. The largest absolute Gasteiger partial charge is 0.392 e. The summed E-state index contributed by atoms with van der Waals surface area (Å²) in [5, 5.41) is 10.1. The first-order valence-corrected chi connectivity index (χ1v) is 8.77. The van der Waals surface area contributed by atoms with E-state index in [1.165, 1.54) is 0 Å². The second kappa shape index (κ2) is 5.77. The van der Waals surface area contributed by atoms with Crippen LogP contribution in [0.5, 0.6) is 0 Å². The maximum absolute atomic E-state index is 12.5. The number of hydrogen-bond acceptors (Lipinski definition) is 4. The van der Waals surface area contributed by atoms with Gasteiger partial charge in [0.25, 0.3) is 0 Å². The Hall–Kier alpha value is -0.650. The number of nitrogens with zero attached hydrogens (tertiary/aromatic N) is 3. The number of aliphatic hydroxyl groups is 1. The number of likely N-dealkylation sites (tertiary alicyclic amines) is 1. The van der Waals surface area contributed by atoms with Crippen molar-refractivity contribution < 1.29 is 9.90 Å². The molecule has 126 valence electrons. The van der Waals surface area contributed by atoms with Gasteiger partial charge in [0.05, 0.1) is 11.6 Å². The standard InChI is InChI=1S/C17H31N3O2/c1-12(2)6-18-9-17(10-18)11-19(16(22)13(3)4)7-14-5-15(21)8-20(14)17/h12-15,21H,5-11H2,1-4H3. The van der Waals surface area contributed by atoms with Gasteiger partial charge in [-0.2, -0.15) is 0 Å². The molecule has 2 unspecified atom stereocenters. The Kier molecular flexibility index (Phi) is 4.25. The molecule has 0 saturated carbocycles. The van der Waals surface area contributed by atoms with Crippen LogP contribution in [0.4, 0.5) is 0 Å². The van der Waals surface area contributed by atoms with E-state index in [0.717, 1.165) is 45.7 Å². The van der Waals surface area contributed by atoms with Crippen molar-refractivity contribution in [2.75, 3.05) is 39.3 Å². The summed E-state index contributed by atoms with van der Waals surface area (Å²) < 4.78 is 0. The number of β-amino-alcohol motifs (C(OH)–C–C–N with tert-alkyl or cyclic N) is 1. The number of rotatable bonds is 3. The van der Waals surface area contributed by atoms with E-state index < -0.39 is 0 Å². The van der Waals surface area contributed by atoms with E-state index in [9.17, 15) is 9.90 Å². The molecule has 3 aliphatic rings. The zero-order valence-corrected chi connectivity index (χ0v) is 14.5. The molecular weight excluding hydrogens is 278 g/mol. The highest BCUT2D eigenvalue weighted by atomic mass is 16.3. The monoisotopic (exact) mass is 309 g/mol. The average Bonchev–Trinajstić information content (AvgIpc) is 2.75. The fourth-order valence-corrected chi connectivity index (χ4v) is 4.66. The van der Waals surface area contributed by atoms with Crippen LogP contribution >= 0.6 is 0 Å². The second-order valence-electron chi connectivity index (χ2n) is 8.36. The van der Waals surface area contributed by atoms with Gasteiger partial charge in [0.1, 0.15) is 0 Å². The summed E-state index contributed by atoms with van der Waals surface area (Å²) in [5.74, 6) is 0.999. The molecule has 0 bridgehead atoms. The fourth-order valence-electron chi connectivity index (χ4n) is 4.66. The molecule has 1 spiro atoms.